The molecule has 0 saturated carbocycles. The molecule has 0 bridgehead atoms. The second-order valence-corrected chi connectivity index (χ2v) is 10.0. The third kappa shape index (κ3) is 3.65. The molecule has 0 unspecified atom stereocenters. The van der Waals surface area contributed by atoms with Crippen molar-refractivity contribution in [3.05, 3.63) is 58.4 Å². The molecule has 1 saturated heterocycles. The molecule has 1 amide bonds. The van der Waals surface area contributed by atoms with Gasteiger partial charge in [0.2, 0.25) is 5.91 Å². The van der Waals surface area contributed by atoms with Crippen LogP contribution in [0.15, 0.2) is 30.5 Å². The van der Waals surface area contributed by atoms with E-state index >= 15 is 0 Å². The van der Waals surface area contributed by atoms with Gasteiger partial charge in [-0.3, -0.25) is 4.79 Å². The van der Waals surface area contributed by atoms with E-state index in [-0.39, 0.29) is 18.9 Å². The molecule has 6 rings (SSSR count). The molecule has 5 heterocycles. The van der Waals surface area contributed by atoms with E-state index in [0.717, 1.165) is 49.2 Å². The van der Waals surface area contributed by atoms with Crippen LogP contribution in [0.1, 0.15) is 34.9 Å². The first-order chi connectivity index (χ1) is 16.7. The number of anilines is 1. The normalized spacial score (nSPS) is 19.7. The van der Waals surface area contributed by atoms with Crippen LogP contribution in [0.2, 0.25) is 0 Å². The quantitative estimate of drug-likeness (QED) is 0.606. The molecule has 7 nitrogen and oxygen atoms in total. The van der Waals surface area contributed by atoms with Crippen LogP contribution < -0.4 is 10.2 Å². The van der Waals surface area contributed by atoms with Crippen LogP contribution in [0.4, 0.5) is 19.0 Å². The molecule has 184 valence electrons. The highest BCUT2D eigenvalue weighted by Gasteiger charge is 2.49. The van der Waals surface area contributed by atoms with E-state index in [4.69, 9.17) is 4.98 Å². The zero-order chi connectivity index (χ0) is 24.4. The number of nitrogens with zero attached hydrogens (tertiary/aromatic N) is 5. The van der Waals surface area contributed by atoms with Crippen molar-refractivity contribution in [2.45, 2.75) is 38.9 Å². The van der Waals surface area contributed by atoms with E-state index in [1.807, 2.05) is 17.5 Å². The van der Waals surface area contributed by atoms with E-state index < -0.39 is 17.2 Å². The van der Waals surface area contributed by atoms with Crippen molar-refractivity contribution in [1.82, 2.24) is 24.8 Å². The van der Waals surface area contributed by atoms with Crippen LogP contribution in [0.5, 0.6) is 0 Å². The Morgan fingerprint density at radius 3 is 2.69 bits per heavy atom. The first kappa shape index (κ1) is 22.3. The standard InChI is InChI=1S/C25H27F3N6O/c1-24(23(35)32-12-8-17-16(13-32)3-2-4-19(17)25(26,27)28)14-33(15-24)22-18-5-9-29-10-6-20(18)31-21-7-11-30-34(21)22/h2-4,7,11,29H,5-6,8-10,12-15H2,1H3. The maximum atomic E-state index is 13.6. The molecule has 1 N–H and O–H groups in total. The highest BCUT2D eigenvalue weighted by Crippen LogP contribution is 2.40. The molecular formula is C25H27F3N6O. The predicted octanol–water partition coefficient (Wildman–Crippen LogP) is 2.85. The number of rotatable bonds is 2. The fourth-order valence-electron chi connectivity index (χ4n) is 5.85. The van der Waals surface area contributed by atoms with E-state index in [9.17, 15) is 18.0 Å². The van der Waals surface area contributed by atoms with Crippen molar-refractivity contribution in [3.63, 3.8) is 0 Å². The summed E-state index contributed by atoms with van der Waals surface area (Å²) in [6, 6.07) is 6.16. The maximum absolute atomic E-state index is 13.6. The lowest BCUT2D eigenvalue weighted by atomic mass is 9.79. The van der Waals surface area contributed by atoms with Crippen LogP contribution in [0.3, 0.4) is 0 Å². The summed E-state index contributed by atoms with van der Waals surface area (Å²) in [5, 5.41) is 7.92. The van der Waals surface area contributed by atoms with Crippen LogP contribution in [0, 0.1) is 5.41 Å². The minimum Gasteiger partial charge on any atom is -0.354 e. The zero-order valence-electron chi connectivity index (χ0n) is 19.5. The smallest absolute Gasteiger partial charge is 0.354 e. The van der Waals surface area contributed by atoms with Gasteiger partial charge in [0.05, 0.1) is 22.9 Å². The lowest BCUT2D eigenvalue weighted by Gasteiger charge is -2.50. The molecule has 3 aliphatic rings. The summed E-state index contributed by atoms with van der Waals surface area (Å²) in [5.74, 6) is 0.998. The summed E-state index contributed by atoms with van der Waals surface area (Å²) in [6.45, 7) is 5.29. The molecule has 0 spiro atoms. The van der Waals surface area contributed by atoms with Crippen molar-refractivity contribution in [2.24, 2.45) is 5.41 Å². The molecule has 0 atom stereocenters. The number of fused-ring (bicyclic) bond motifs is 3. The summed E-state index contributed by atoms with van der Waals surface area (Å²) in [6.07, 6.45) is -0.725. The summed E-state index contributed by atoms with van der Waals surface area (Å²) >= 11 is 0. The van der Waals surface area contributed by atoms with E-state index in [1.165, 1.54) is 11.6 Å². The molecular weight excluding hydrogens is 457 g/mol. The minimum atomic E-state index is -4.38. The fourth-order valence-corrected chi connectivity index (χ4v) is 5.85. The summed E-state index contributed by atoms with van der Waals surface area (Å²) < 4.78 is 42.1. The molecule has 0 aliphatic carbocycles. The summed E-state index contributed by atoms with van der Waals surface area (Å²) in [4.78, 5) is 22.3. The predicted molar refractivity (Wildman–Crippen MR) is 124 cm³/mol. The van der Waals surface area contributed by atoms with Gasteiger partial charge in [0.15, 0.2) is 5.65 Å². The largest absolute Gasteiger partial charge is 0.416 e. The van der Waals surface area contributed by atoms with E-state index in [1.54, 1.807) is 17.2 Å². The number of aromatic nitrogens is 3. The second kappa shape index (κ2) is 7.94. The van der Waals surface area contributed by atoms with Gasteiger partial charge in [0.1, 0.15) is 5.82 Å². The average Bonchev–Trinajstić information content (AvgIpc) is 3.15. The van der Waals surface area contributed by atoms with Crippen molar-refractivity contribution in [3.8, 4) is 0 Å². The Morgan fingerprint density at radius 2 is 1.89 bits per heavy atom. The van der Waals surface area contributed by atoms with Gasteiger partial charge in [-0.1, -0.05) is 12.1 Å². The number of hydrogen-bond acceptors (Lipinski definition) is 5. The number of hydrogen-bond donors (Lipinski definition) is 1. The third-order valence-corrected chi connectivity index (χ3v) is 7.54. The molecule has 1 fully saturated rings. The minimum absolute atomic E-state index is 0.00432. The van der Waals surface area contributed by atoms with Crippen molar-refractivity contribution in [1.29, 1.82) is 0 Å². The number of amides is 1. The van der Waals surface area contributed by atoms with Gasteiger partial charge in [0, 0.05) is 50.8 Å². The molecule has 3 aliphatic heterocycles. The Morgan fingerprint density at radius 1 is 1.09 bits per heavy atom. The number of benzene rings is 1. The number of carbonyl (C=O) groups excluding carboxylic acids is 1. The van der Waals surface area contributed by atoms with Gasteiger partial charge in [0.25, 0.3) is 0 Å². The van der Waals surface area contributed by atoms with Gasteiger partial charge in [-0.05, 0) is 43.5 Å². The van der Waals surface area contributed by atoms with Crippen LogP contribution in [0.25, 0.3) is 5.65 Å². The molecule has 10 heteroatoms. The third-order valence-electron chi connectivity index (χ3n) is 7.54. The molecule has 2 aromatic heterocycles. The zero-order valence-corrected chi connectivity index (χ0v) is 19.5. The van der Waals surface area contributed by atoms with Gasteiger partial charge >= 0.3 is 6.18 Å². The van der Waals surface area contributed by atoms with E-state index in [2.05, 4.69) is 15.3 Å². The second-order valence-electron chi connectivity index (χ2n) is 10.0. The Kier molecular flexibility index (Phi) is 5.07. The van der Waals surface area contributed by atoms with Crippen molar-refractivity contribution < 1.29 is 18.0 Å². The first-order valence-corrected chi connectivity index (χ1v) is 12.0. The Hall–Kier alpha value is -3.14. The van der Waals surface area contributed by atoms with Crippen molar-refractivity contribution >= 4 is 17.4 Å². The average molecular weight is 485 g/mol. The monoisotopic (exact) mass is 484 g/mol. The Bertz CT molecular complexity index is 1310. The lowest BCUT2D eigenvalue weighted by molar-refractivity contribution is -0.144. The lowest BCUT2D eigenvalue weighted by Crippen LogP contribution is -2.63. The van der Waals surface area contributed by atoms with Gasteiger partial charge < -0.3 is 15.1 Å². The molecule has 1 aromatic carbocycles. The number of halogens is 3. The Labute approximate surface area is 200 Å². The number of nitrogens with one attached hydrogen (secondary N) is 1. The van der Waals surface area contributed by atoms with Crippen LogP contribution in [-0.2, 0) is 36.8 Å². The topological polar surface area (TPSA) is 65.8 Å². The van der Waals surface area contributed by atoms with Crippen LogP contribution >= 0.6 is 0 Å². The van der Waals surface area contributed by atoms with Gasteiger partial charge in [-0.2, -0.15) is 22.8 Å². The van der Waals surface area contributed by atoms with E-state index in [0.29, 0.717) is 30.8 Å². The molecule has 3 aromatic rings. The summed E-state index contributed by atoms with van der Waals surface area (Å²) in [7, 11) is 0. The fraction of sp³-hybridized carbons (Fsp3) is 0.480. The van der Waals surface area contributed by atoms with Gasteiger partial charge in [-0.15, -0.1) is 0 Å². The highest BCUT2D eigenvalue weighted by atomic mass is 19.4. The highest BCUT2D eigenvalue weighted by molar-refractivity contribution is 5.86. The number of carbonyl (C=O) groups is 1. The SMILES string of the molecule is CC1(C(=O)N2CCc3c(cccc3C(F)(F)F)C2)CN(c2c3c(nc4ccnn24)CCNCC3)C1. The van der Waals surface area contributed by atoms with Crippen LogP contribution in [-0.4, -0.2) is 58.1 Å². The van der Waals surface area contributed by atoms with Gasteiger partial charge in [-0.25, -0.2) is 4.98 Å². The van der Waals surface area contributed by atoms with Crippen molar-refractivity contribution in [2.75, 3.05) is 37.6 Å². The first-order valence-electron chi connectivity index (χ1n) is 12.0. The molecule has 35 heavy (non-hydrogen) atoms. The summed E-state index contributed by atoms with van der Waals surface area (Å²) in [5.41, 5.74) is 2.77. The maximum Gasteiger partial charge on any atom is 0.416 e. The molecule has 0 radical (unpaired) electrons. The number of alkyl halides is 3. The Balaban J connectivity index is 1.24.